The Morgan fingerprint density at radius 3 is 2.79 bits per heavy atom. The Hall–Kier alpha value is -1.36. The van der Waals surface area contributed by atoms with Gasteiger partial charge in [-0.05, 0) is 25.8 Å². The number of nitrogens with one attached hydrogen (secondary N) is 2. The first-order chi connectivity index (χ1) is 9.29. The molecule has 1 aliphatic rings. The summed E-state index contributed by atoms with van der Waals surface area (Å²) in [7, 11) is 0. The van der Waals surface area contributed by atoms with Crippen LogP contribution in [0.15, 0.2) is 6.07 Å². The Bertz CT molecular complexity index is 394. The lowest BCUT2D eigenvalue weighted by Gasteiger charge is -2.10. The van der Waals surface area contributed by atoms with Crippen molar-refractivity contribution in [3.8, 4) is 0 Å². The van der Waals surface area contributed by atoms with Gasteiger partial charge in [0.05, 0.1) is 0 Å². The standard InChI is InChI=1S/C14H24N4O/c15-9-5-8-14(19)16-13-10-12(17-18-13)11-6-3-1-2-4-7-11/h10-11H,1-9,15H2,(H2,16,17,18,19). The molecule has 1 aliphatic carbocycles. The van der Waals surface area contributed by atoms with E-state index >= 15 is 0 Å². The Kier molecular flexibility index (Phi) is 5.39. The first-order valence-corrected chi connectivity index (χ1v) is 7.35. The van der Waals surface area contributed by atoms with E-state index in [0.717, 1.165) is 5.69 Å². The molecular formula is C14H24N4O. The zero-order valence-corrected chi connectivity index (χ0v) is 11.5. The van der Waals surface area contributed by atoms with Gasteiger partial charge in [0.2, 0.25) is 5.91 Å². The number of nitrogens with zero attached hydrogens (tertiary/aromatic N) is 1. The van der Waals surface area contributed by atoms with E-state index in [1.807, 2.05) is 6.07 Å². The van der Waals surface area contributed by atoms with Crippen LogP contribution >= 0.6 is 0 Å². The molecule has 0 unspecified atom stereocenters. The van der Waals surface area contributed by atoms with Crippen molar-refractivity contribution in [2.24, 2.45) is 5.73 Å². The second kappa shape index (κ2) is 7.28. The lowest BCUT2D eigenvalue weighted by molar-refractivity contribution is -0.116. The molecule has 0 aliphatic heterocycles. The van der Waals surface area contributed by atoms with Gasteiger partial charge in [-0.3, -0.25) is 9.89 Å². The van der Waals surface area contributed by atoms with Crippen LogP contribution in [0.25, 0.3) is 0 Å². The zero-order valence-electron chi connectivity index (χ0n) is 11.5. The fraction of sp³-hybridized carbons (Fsp3) is 0.714. The van der Waals surface area contributed by atoms with Gasteiger partial charge in [-0.25, -0.2) is 0 Å². The van der Waals surface area contributed by atoms with E-state index in [2.05, 4.69) is 15.5 Å². The Morgan fingerprint density at radius 1 is 1.37 bits per heavy atom. The zero-order chi connectivity index (χ0) is 13.5. The van der Waals surface area contributed by atoms with Gasteiger partial charge in [0.15, 0.2) is 5.82 Å². The molecule has 19 heavy (non-hydrogen) atoms. The molecule has 0 spiro atoms. The van der Waals surface area contributed by atoms with Gasteiger partial charge in [0.25, 0.3) is 0 Å². The van der Waals surface area contributed by atoms with Crippen LogP contribution in [0.3, 0.4) is 0 Å². The highest BCUT2D eigenvalue weighted by Gasteiger charge is 2.17. The monoisotopic (exact) mass is 264 g/mol. The normalized spacial score (nSPS) is 17.1. The van der Waals surface area contributed by atoms with Gasteiger partial charge in [0, 0.05) is 24.1 Å². The van der Waals surface area contributed by atoms with E-state index in [-0.39, 0.29) is 5.91 Å². The van der Waals surface area contributed by atoms with Crippen LogP contribution in [0.1, 0.15) is 63.0 Å². The Morgan fingerprint density at radius 2 is 2.11 bits per heavy atom. The summed E-state index contributed by atoms with van der Waals surface area (Å²) in [5.41, 5.74) is 6.55. The molecule has 0 bridgehead atoms. The molecule has 0 saturated heterocycles. The SMILES string of the molecule is NCCCC(=O)Nc1cc(C2CCCCCC2)[nH]n1. The Balaban J connectivity index is 1.88. The predicted molar refractivity (Wildman–Crippen MR) is 75.9 cm³/mol. The number of hydrogen-bond donors (Lipinski definition) is 3. The first kappa shape index (κ1) is 14.1. The van der Waals surface area contributed by atoms with Gasteiger partial charge in [-0.15, -0.1) is 0 Å². The van der Waals surface area contributed by atoms with Crippen molar-refractivity contribution in [2.75, 3.05) is 11.9 Å². The molecule has 1 fully saturated rings. The third-order valence-corrected chi connectivity index (χ3v) is 3.77. The molecule has 1 saturated carbocycles. The summed E-state index contributed by atoms with van der Waals surface area (Å²) in [5.74, 6) is 1.20. The topological polar surface area (TPSA) is 83.8 Å². The minimum atomic E-state index is -0.00985. The summed E-state index contributed by atoms with van der Waals surface area (Å²) >= 11 is 0. The van der Waals surface area contributed by atoms with Crippen LogP contribution in [-0.4, -0.2) is 22.6 Å². The number of H-pyrrole nitrogens is 1. The summed E-state index contributed by atoms with van der Waals surface area (Å²) in [6.45, 7) is 0.543. The summed E-state index contributed by atoms with van der Waals surface area (Å²) in [6, 6.07) is 1.98. The van der Waals surface area contributed by atoms with Crippen LogP contribution in [-0.2, 0) is 4.79 Å². The molecule has 5 heteroatoms. The maximum atomic E-state index is 11.6. The van der Waals surface area contributed by atoms with Crippen molar-refractivity contribution < 1.29 is 4.79 Å². The average Bonchev–Trinajstić information content (AvgIpc) is 2.70. The van der Waals surface area contributed by atoms with Crippen LogP contribution in [0.5, 0.6) is 0 Å². The van der Waals surface area contributed by atoms with E-state index in [9.17, 15) is 4.79 Å². The van der Waals surface area contributed by atoms with Crippen LogP contribution < -0.4 is 11.1 Å². The van der Waals surface area contributed by atoms with Crippen molar-refractivity contribution >= 4 is 11.7 Å². The number of carbonyl (C=O) groups excluding carboxylic acids is 1. The summed E-state index contributed by atoms with van der Waals surface area (Å²) in [6.07, 6.45) is 8.89. The predicted octanol–water partition coefficient (Wildman–Crippen LogP) is 2.52. The third kappa shape index (κ3) is 4.35. The maximum absolute atomic E-state index is 11.6. The van der Waals surface area contributed by atoms with E-state index in [4.69, 9.17) is 5.73 Å². The molecule has 1 aromatic rings. The largest absolute Gasteiger partial charge is 0.330 e. The van der Waals surface area contributed by atoms with Gasteiger partial charge in [-0.1, -0.05) is 25.7 Å². The summed E-state index contributed by atoms with van der Waals surface area (Å²) in [5, 5.41) is 10.1. The molecule has 5 nitrogen and oxygen atoms in total. The smallest absolute Gasteiger partial charge is 0.225 e. The van der Waals surface area contributed by atoms with Crippen molar-refractivity contribution in [3.63, 3.8) is 0 Å². The number of anilines is 1. The van der Waals surface area contributed by atoms with Gasteiger partial charge < -0.3 is 11.1 Å². The number of rotatable bonds is 5. The molecular weight excluding hydrogens is 240 g/mol. The lowest BCUT2D eigenvalue weighted by atomic mass is 9.97. The van der Waals surface area contributed by atoms with Gasteiger partial charge >= 0.3 is 0 Å². The molecule has 0 radical (unpaired) electrons. The highest BCUT2D eigenvalue weighted by molar-refractivity contribution is 5.89. The summed E-state index contributed by atoms with van der Waals surface area (Å²) in [4.78, 5) is 11.6. The summed E-state index contributed by atoms with van der Waals surface area (Å²) < 4.78 is 0. The van der Waals surface area contributed by atoms with Gasteiger partial charge in [-0.2, -0.15) is 5.10 Å². The van der Waals surface area contributed by atoms with Crippen LogP contribution in [0.4, 0.5) is 5.82 Å². The maximum Gasteiger partial charge on any atom is 0.225 e. The van der Waals surface area contributed by atoms with E-state index in [1.165, 1.54) is 38.5 Å². The van der Waals surface area contributed by atoms with Crippen molar-refractivity contribution in [3.05, 3.63) is 11.8 Å². The quantitative estimate of drug-likeness (QED) is 0.714. The van der Waals surface area contributed by atoms with Crippen molar-refractivity contribution in [1.29, 1.82) is 0 Å². The molecule has 1 aromatic heterocycles. The van der Waals surface area contributed by atoms with E-state index < -0.39 is 0 Å². The average molecular weight is 264 g/mol. The number of aromatic nitrogens is 2. The van der Waals surface area contributed by atoms with Crippen LogP contribution in [0.2, 0.25) is 0 Å². The van der Waals surface area contributed by atoms with E-state index in [0.29, 0.717) is 31.1 Å². The molecule has 106 valence electrons. The molecule has 0 aromatic carbocycles. The second-order valence-electron chi connectivity index (χ2n) is 5.34. The van der Waals surface area contributed by atoms with Crippen LogP contribution in [0, 0.1) is 0 Å². The number of aromatic amines is 1. The molecule has 2 rings (SSSR count). The minimum Gasteiger partial charge on any atom is -0.330 e. The third-order valence-electron chi connectivity index (χ3n) is 3.77. The first-order valence-electron chi connectivity index (χ1n) is 7.35. The second-order valence-corrected chi connectivity index (χ2v) is 5.34. The van der Waals surface area contributed by atoms with E-state index in [1.54, 1.807) is 0 Å². The molecule has 0 atom stereocenters. The molecule has 1 heterocycles. The minimum absolute atomic E-state index is 0.00985. The highest BCUT2D eigenvalue weighted by atomic mass is 16.1. The number of hydrogen-bond acceptors (Lipinski definition) is 3. The fourth-order valence-electron chi connectivity index (χ4n) is 2.67. The Labute approximate surface area is 114 Å². The molecule has 4 N–H and O–H groups in total. The molecule has 1 amide bonds. The fourth-order valence-corrected chi connectivity index (χ4v) is 2.67. The number of amides is 1. The van der Waals surface area contributed by atoms with Crippen molar-refractivity contribution in [1.82, 2.24) is 10.2 Å². The highest BCUT2D eigenvalue weighted by Crippen LogP contribution is 2.31. The lowest BCUT2D eigenvalue weighted by Crippen LogP contribution is -2.13. The number of nitrogens with two attached hydrogens (primary N) is 1. The van der Waals surface area contributed by atoms with Crippen molar-refractivity contribution in [2.45, 2.75) is 57.3 Å². The van der Waals surface area contributed by atoms with Gasteiger partial charge in [0.1, 0.15) is 0 Å². The number of carbonyl (C=O) groups is 1.